The Morgan fingerprint density at radius 1 is 1.10 bits per heavy atom. The molecule has 1 fully saturated rings. The van der Waals surface area contributed by atoms with Gasteiger partial charge in [-0.25, -0.2) is 6.57 Å². The first-order valence-corrected chi connectivity index (χ1v) is 13.5. The van der Waals surface area contributed by atoms with Gasteiger partial charge in [0.2, 0.25) is 17.7 Å². The third kappa shape index (κ3) is 4.81. The molecule has 2 aromatic carbocycles. The first kappa shape index (κ1) is 27.0. The average Bonchev–Trinajstić information content (AvgIpc) is 3.64. The lowest BCUT2D eigenvalue weighted by molar-refractivity contribution is -0.131. The van der Waals surface area contributed by atoms with E-state index >= 15 is 0 Å². The van der Waals surface area contributed by atoms with Crippen molar-refractivity contribution in [1.29, 1.82) is 0 Å². The summed E-state index contributed by atoms with van der Waals surface area (Å²) in [6.07, 6.45) is 3.88. The van der Waals surface area contributed by atoms with Crippen molar-refractivity contribution < 1.29 is 14.4 Å². The highest BCUT2D eigenvalue weighted by Gasteiger charge is 2.45. The zero-order valence-electron chi connectivity index (χ0n) is 22.4. The maximum Gasteiger partial charge on any atom is 0.300 e. The molecule has 2 atom stereocenters. The van der Waals surface area contributed by atoms with Crippen molar-refractivity contribution in [3.8, 4) is 0 Å². The number of aromatic amines is 1. The molecule has 1 aliphatic heterocycles. The number of primary amides is 2. The van der Waals surface area contributed by atoms with Crippen LogP contribution in [0.4, 0.5) is 0 Å². The Morgan fingerprint density at radius 2 is 1.73 bits per heavy atom. The van der Waals surface area contributed by atoms with Crippen molar-refractivity contribution in [2.75, 3.05) is 6.54 Å². The fourth-order valence-corrected chi connectivity index (χ4v) is 6.36. The van der Waals surface area contributed by atoms with E-state index in [4.69, 9.17) is 18.0 Å². The Hall–Kier alpha value is -4.59. The van der Waals surface area contributed by atoms with Gasteiger partial charge in [-0.1, -0.05) is 24.3 Å². The van der Waals surface area contributed by atoms with E-state index < -0.39 is 17.2 Å². The molecular weight excluding hydrogens is 508 g/mol. The number of aryl methyl sites for hydroxylation is 2. The molecule has 206 valence electrons. The zero-order valence-corrected chi connectivity index (χ0v) is 22.4. The predicted molar refractivity (Wildman–Crippen MR) is 146 cm³/mol. The number of amides is 3. The number of H-pyrrole nitrogens is 1. The molecule has 1 saturated heterocycles. The van der Waals surface area contributed by atoms with E-state index in [0.29, 0.717) is 55.6 Å². The van der Waals surface area contributed by atoms with Crippen LogP contribution in [0.2, 0.25) is 0 Å². The van der Waals surface area contributed by atoms with Gasteiger partial charge in [0.25, 0.3) is 0 Å². The molecule has 0 spiro atoms. The van der Waals surface area contributed by atoms with Gasteiger partial charge in [-0.2, -0.15) is 5.21 Å². The van der Waals surface area contributed by atoms with E-state index in [0.717, 1.165) is 35.1 Å². The monoisotopic (exact) mass is 540 g/mol. The van der Waals surface area contributed by atoms with E-state index in [-0.39, 0.29) is 18.0 Å². The maximum atomic E-state index is 13.0. The van der Waals surface area contributed by atoms with E-state index in [2.05, 4.69) is 32.4 Å². The van der Waals surface area contributed by atoms with E-state index in [1.807, 2.05) is 24.3 Å². The number of aromatic nitrogens is 4. The van der Waals surface area contributed by atoms with E-state index in [1.54, 1.807) is 17.0 Å². The summed E-state index contributed by atoms with van der Waals surface area (Å²) >= 11 is 0. The van der Waals surface area contributed by atoms with Gasteiger partial charge in [-0.3, -0.25) is 24.1 Å². The SMILES string of the molecule is [C-]#[N+][C@@H]1CCCN1C(=O)CC[C@@H](C)CC1(c2nn[nH]n2)c2ccc(C(N)=O)cc2CCc2cc(C(N)=O)ccc21. The van der Waals surface area contributed by atoms with Gasteiger partial charge < -0.3 is 11.5 Å². The first-order valence-electron chi connectivity index (χ1n) is 13.5. The molecule has 0 unspecified atom stereocenters. The molecule has 40 heavy (non-hydrogen) atoms. The largest absolute Gasteiger partial charge is 0.366 e. The van der Waals surface area contributed by atoms with Crippen LogP contribution >= 0.6 is 0 Å². The van der Waals surface area contributed by atoms with Crippen LogP contribution in [0.5, 0.6) is 0 Å². The third-order valence-corrected chi connectivity index (χ3v) is 8.29. The number of hydrogen-bond acceptors (Lipinski definition) is 6. The first-order chi connectivity index (χ1) is 19.2. The Bertz CT molecular complexity index is 1430. The molecule has 11 heteroatoms. The van der Waals surface area contributed by atoms with Crippen LogP contribution in [0, 0.1) is 12.5 Å². The Kier molecular flexibility index (Phi) is 7.34. The number of rotatable bonds is 8. The van der Waals surface area contributed by atoms with Crippen LogP contribution in [0.3, 0.4) is 0 Å². The number of carbonyl (C=O) groups is 3. The van der Waals surface area contributed by atoms with Crippen LogP contribution < -0.4 is 11.5 Å². The molecule has 5 rings (SSSR count). The highest BCUT2D eigenvalue weighted by Crippen LogP contribution is 2.48. The lowest BCUT2D eigenvalue weighted by Gasteiger charge is -2.36. The topological polar surface area (TPSA) is 165 Å². The standard InChI is InChI=1S/C29H32N8O3/c1-17(5-12-25(38)37-13-3-4-24(37)32-2)16-29(28-33-35-36-34-28)22-10-8-20(26(30)39)14-18(22)6-7-19-15-21(27(31)40)9-11-23(19)29/h8-11,14-15,17,24H,3-7,12-13,16H2,1H3,(H2,30,39)(H2,31,40)(H,33,34,35,36)/t17-,24+/m1/s1. The number of hydrogen-bond donors (Lipinski definition) is 3. The van der Waals surface area contributed by atoms with Crippen LogP contribution in [0.1, 0.15) is 87.8 Å². The average molecular weight is 541 g/mol. The highest BCUT2D eigenvalue weighted by atomic mass is 16.2. The minimum Gasteiger partial charge on any atom is -0.366 e. The third-order valence-electron chi connectivity index (χ3n) is 8.29. The fourth-order valence-electron chi connectivity index (χ4n) is 6.36. The number of nitrogens with one attached hydrogen (secondary N) is 1. The van der Waals surface area contributed by atoms with Crippen LogP contribution in [-0.4, -0.2) is 56.0 Å². The summed E-state index contributed by atoms with van der Waals surface area (Å²) < 4.78 is 0. The summed E-state index contributed by atoms with van der Waals surface area (Å²) in [5.74, 6) is -0.546. The van der Waals surface area contributed by atoms with Crippen molar-refractivity contribution >= 4 is 17.7 Å². The number of tetrazole rings is 1. The predicted octanol–water partition coefficient (Wildman–Crippen LogP) is 2.50. The van der Waals surface area contributed by atoms with Crippen molar-refractivity contribution in [2.24, 2.45) is 17.4 Å². The zero-order chi connectivity index (χ0) is 28.4. The minimum atomic E-state index is -0.879. The molecule has 3 aromatic rings. The van der Waals surface area contributed by atoms with Crippen molar-refractivity contribution in [3.05, 3.63) is 87.0 Å². The Morgan fingerprint density at radius 3 is 2.25 bits per heavy atom. The van der Waals surface area contributed by atoms with Crippen molar-refractivity contribution in [1.82, 2.24) is 25.5 Å². The Balaban J connectivity index is 1.58. The number of nitrogens with two attached hydrogens (primary N) is 2. The molecular formula is C29H32N8O3. The quantitative estimate of drug-likeness (QED) is 0.371. The summed E-state index contributed by atoms with van der Waals surface area (Å²) in [5.41, 5.74) is 14.9. The van der Waals surface area contributed by atoms with Gasteiger partial charge in [0.15, 0.2) is 5.82 Å². The minimum absolute atomic E-state index is 0.00201. The van der Waals surface area contributed by atoms with Crippen LogP contribution in [-0.2, 0) is 23.1 Å². The maximum absolute atomic E-state index is 13.0. The van der Waals surface area contributed by atoms with Gasteiger partial charge in [-0.05, 0) is 84.5 Å². The second kappa shape index (κ2) is 10.9. The number of carbonyl (C=O) groups excluding carboxylic acids is 3. The van der Waals surface area contributed by atoms with Gasteiger partial charge in [-0.15, -0.1) is 10.2 Å². The summed E-state index contributed by atoms with van der Waals surface area (Å²) in [4.78, 5) is 42.5. The molecule has 0 radical (unpaired) electrons. The van der Waals surface area contributed by atoms with Crippen LogP contribution in [0.25, 0.3) is 4.85 Å². The molecule has 2 aliphatic rings. The second-order valence-electron chi connectivity index (χ2n) is 10.8. The molecule has 1 aliphatic carbocycles. The summed E-state index contributed by atoms with van der Waals surface area (Å²) in [6.45, 7) is 10.1. The van der Waals surface area contributed by atoms with E-state index in [1.165, 1.54) is 0 Å². The van der Waals surface area contributed by atoms with Gasteiger partial charge in [0.05, 0.1) is 5.41 Å². The molecule has 0 saturated carbocycles. The van der Waals surface area contributed by atoms with Crippen molar-refractivity contribution in [3.63, 3.8) is 0 Å². The van der Waals surface area contributed by atoms with Gasteiger partial charge in [0.1, 0.15) is 0 Å². The normalized spacial score (nSPS) is 18.2. The van der Waals surface area contributed by atoms with E-state index in [9.17, 15) is 14.4 Å². The van der Waals surface area contributed by atoms with Gasteiger partial charge in [0, 0.05) is 30.5 Å². The number of nitrogens with zero attached hydrogens (tertiary/aromatic N) is 5. The smallest absolute Gasteiger partial charge is 0.300 e. The summed E-state index contributed by atoms with van der Waals surface area (Å²) in [7, 11) is 0. The van der Waals surface area contributed by atoms with Gasteiger partial charge >= 0.3 is 6.17 Å². The number of fused-ring (bicyclic) bond motifs is 2. The molecule has 1 aromatic heterocycles. The lowest BCUT2D eigenvalue weighted by Crippen LogP contribution is -2.36. The van der Waals surface area contributed by atoms with Crippen LogP contribution in [0.15, 0.2) is 36.4 Å². The molecule has 5 N–H and O–H groups in total. The molecule has 2 heterocycles. The highest BCUT2D eigenvalue weighted by molar-refractivity contribution is 5.94. The number of likely N-dealkylation sites (tertiary alicyclic amines) is 1. The lowest BCUT2D eigenvalue weighted by atomic mass is 9.66. The number of benzene rings is 2. The second-order valence-corrected chi connectivity index (χ2v) is 10.8. The summed E-state index contributed by atoms with van der Waals surface area (Å²) in [6, 6.07) is 10.9. The molecule has 0 bridgehead atoms. The molecule has 3 amide bonds. The van der Waals surface area contributed by atoms with Crippen molar-refractivity contribution in [2.45, 2.75) is 63.5 Å². The Labute approximate surface area is 232 Å². The summed E-state index contributed by atoms with van der Waals surface area (Å²) in [5, 5.41) is 15.4. The fraction of sp³-hybridized carbons (Fsp3) is 0.414. The molecule has 11 nitrogen and oxygen atoms in total.